The first kappa shape index (κ1) is 28.3. The number of hydrogen-bond acceptors (Lipinski definition) is 7. The molecular weight excluding hydrogens is 402 g/mol. The van der Waals surface area contributed by atoms with Crippen molar-refractivity contribution < 1.29 is 33.6 Å². The van der Waals surface area contributed by atoms with Crippen LogP contribution in [0.3, 0.4) is 0 Å². The molecule has 31 heavy (non-hydrogen) atoms. The molecule has 0 aromatic rings. The summed E-state index contributed by atoms with van der Waals surface area (Å²) in [4.78, 5) is 12.0. The topological polar surface area (TPSA) is 95.5 Å². The first-order chi connectivity index (χ1) is 15.1. The SMILES string of the molecule is CCCCOCC1O[C@@H](OCCCO)C(NC(C)=O)C(OCCCC)[C@H]1OCCCC. The normalized spacial score (nSPS) is 26.2. The maximum absolute atomic E-state index is 12.0. The van der Waals surface area contributed by atoms with Gasteiger partial charge in [0.25, 0.3) is 0 Å². The van der Waals surface area contributed by atoms with Gasteiger partial charge in [0.2, 0.25) is 5.91 Å². The van der Waals surface area contributed by atoms with Crippen LogP contribution in [-0.2, 0) is 28.5 Å². The molecule has 8 nitrogen and oxygen atoms in total. The molecule has 1 heterocycles. The van der Waals surface area contributed by atoms with E-state index in [9.17, 15) is 4.79 Å². The van der Waals surface area contributed by atoms with Gasteiger partial charge in [0.05, 0.1) is 13.2 Å². The number of ether oxygens (including phenoxy) is 5. The Morgan fingerprint density at radius 3 is 2.03 bits per heavy atom. The van der Waals surface area contributed by atoms with Gasteiger partial charge in [0.15, 0.2) is 6.29 Å². The zero-order valence-corrected chi connectivity index (χ0v) is 20.0. The average molecular weight is 448 g/mol. The molecule has 1 saturated heterocycles. The zero-order chi connectivity index (χ0) is 22.9. The van der Waals surface area contributed by atoms with Crippen molar-refractivity contribution in [3.8, 4) is 0 Å². The van der Waals surface area contributed by atoms with E-state index in [-0.39, 0.29) is 24.7 Å². The third-order valence-electron chi connectivity index (χ3n) is 5.14. The van der Waals surface area contributed by atoms with Crippen LogP contribution in [0.4, 0.5) is 0 Å². The van der Waals surface area contributed by atoms with Crippen molar-refractivity contribution in [3.63, 3.8) is 0 Å². The largest absolute Gasteiger partial charge is 0.396 e. The Labute approximate surface area is 188 Å². The van der Waals surface area contributed by atoms with Gasteiger partial charge in [-0.2, -0.15) is 0 Å². The zero-order valence-electron chi connectivity index (χ0n) is 20.0. The molecule has 1 amide bonds. The van der Waals surface area contributed by atoms with Crippen molar-refractivity contribution in [1.29, 1.82) is 0 Å². The number of carbonyl (C=O) groups is 1. The van der Waals surface area contributed by atoms with E-state index in [0.29, 0.717) is 39.5 Å². The van der Waals surface area contributed by atoms with Gasteiger partial charge < -0.3 is 34.1 Å². The quantitative estimate of drug-likeness (QED) is 0.312. The van der Waals surface area contributed by atoms with Crippen LogP contribution in [-0.4, -0.2) is 81.3 Å². The number of aliphatic hydroxyl groups is 1. The fourth-order valence-electron chi connectivity index (χ4n) is 3.41. The summed E-state index contributed by atoms with van der Waals surface area (Å²) in [7, 11) is 0. The Morgan fingerprint density at radius 1 is 0.871 bits per heavy atom. The third kappa shape index (κ3) is 11.1. The van der Waals surface area contributed by atoms with Crippen molar-refractivity contribution in [2.45, 2.75) is 103 Å². The van der Waals surface area contributed by atoms with Gasteiger partial charge in [-0.05, 0) is 25.7 Å². The number of aliphatic hydroxyl groups excluding tert-OH is 1. The maximum atomic E-state index is 12.0. The van der Waals surface area contributed by atoms with E-state index in [1.54, 1.807) is 0 Å². The minimum Gasteiger partial charge on any atom is -0.396 e. The molecule has 184 valence electrons. The van der Waals surface area contributed by atoms with Crippen LogP contribution in [0.1, 0.15) is 72.6 Å². The minimum atomic E-state index is -0.701. The van der Waals surface area contributed by atoms with Crippen molar-refractivity contribution in [3.05, 3.63) is 0 Å². The number of unbranched alkanes of at least 4 members (excludes halogenated alkanes) is 3. The first-order valence-corrected chi connectivity index (χ1v) is 12.0. The monoisotopic (exact) mass is 447 g/mol. The Hall–Kier alpha value is -0.770. The standard InChI is InChI=1S/C23H45NO7/c1-5-8-13-27-17-19-21(28-14-9-6-2)22(29-15-10-7-3)20(24-18(4)26)23(31-19)30-16-11-12-25/h19-23,25H,5-17H2,1-4H3,(H,24,26)/t19?,20?,21-,22?,23+/m0/s1. The lowest BCUT2D eigenvalue weighted by molar-refractivity contribution is -0.287. The van der Waals surface area contributed by atoms with Gasteiger partial charge in [-0.1, -0.05) is 40.0 Å². The molecule has 2 N–H and O–H groups in total. The average Bonchev–Trinajstić information content (AvgIpc) is 2.74. The van der Waals surface area contributed by atoms with Gasteiger partial charge >= 0.3 is 0 Å². The van der Waals surface area contributed by atoms with Gasteiger partial charge in [0.1, 0.15) is 24.4 Å². The fraction of sp³-hybridized carbons (Fsp3) is 0.957. The summed E-state index contributed by atoms with van der Waals surface area (Å²) in [5, 5.41) is 12.1. The summed E-state index contributed by atoms with van der Waals surface area (Å²) in [5.74, 6) is -0.182. The molecule has 3 unspecified atom stereocenters. The number of carbonyl (C=O) groups excluding carboxylic acids is 1. The molecule has 8 heteroatoms. The van der Waals surface area contributed by atoms with E-state index < -0.39 is 18.4 Å². The second-order valence-electron chi connectivity index (χ2n) is 8.02. The molecule has 1 aliphatic heterocycles. The van der Waals surface area contributed by atoms with Crippen LogP contribution >= 0.6 is 0 Å². The highest BCUT2D eigenvalue weighted by Gasteiger charge is 2.48. The number of nitrogens with one attached hydrogen (secondary N) is 1. The van der Waals surface area contributed by atoms with Crippen LogP contribution in [0.2, 0.25) is 0 Å². The summed E-state index contributed by atoms with van der Waals surface area (Å²) < 4.78 is 30.6. The van der Waals surface area contributed by atoms with Crippen LogP contribution in [0.5, 0.6) is 0 Å². The lowest BCUT2D eigenvalue weighted by Gasteiger charge is -2.46. The second kappa shape index (κ2) is 17.7. The van der Waals surface area contributed by atoms with E-state index in [4.69, 9.17) is 28.8 Å². The molecule has 0 bridgehead atoms. The highest BCUT2D eigenvalue weighted by molar-refractivity contribution is 5.73. The molecular formula is C23H45NO7. The smallest absolute Gasteiger partial charge is 0.217 e. The van der Waals surface area contributed by atoms with Crippen LogP contribution in [0.25, 0.3) is 0 Å². The Balaban J connectivity index is 3.05. The van der Waals surface area contributed by atoms with Gasteiger partial charge in [-0.15, -0.1) is 0 Å². The third-order valence-corrected chi connectivity index (χ3v) is 5.14. The molecule has 0 aliphatic carbocycles. The van der Waals surface area contributed by atoms with Crippen LogP contribution < -0.4 is 5.32 Å². The second-order valence-corrected chi connectivity index (χ2v) is 8.02. The van der Waals surface area contributed by atoms with Crippen molar-refractivity contribution >= 4 is 5.91 Å². The molecule has 1 aliphatic rings. The first-order valence-electron chi connectivity index (χ1n) is 12.0. The number of hydrogen-bond donors (Lipinski definition) is 2. The number of rotatable bonds is 18. The van der Waals surface area contributed by atoms with Gasteiger partial charge in [-0.3, -0.25) is 4.79 Å². The summed E-state index contributed by atoms with van der Waals surface area (Å²) in [6.07, 6.45) is 4.54. The van der Waals surface area contributed by atoms with E-state index in [0.717, 1.165) is 38.5 Å². The van der Waals surface area contributed by atoms with Gasteiger partial charge in [-0.25, -0.2) is 0 Å². The maximum Gasteiger partial charge on any atom is 0.217 e. The lowest BCUT2D eigenvalue weighted by atomic mass is 9.96. The van der Waals surface area contributed by atoms with E-state index in [1.165, 1.54) is 6.92 Å². The summed E-state index contributed by atoms with van der Waals surface area (Å²) in [6, 6.07) is -0.508. The molecule has 1 rings (SSSR count). The summed E-state index contributed by atoms with van der Waals surface area (Å²) in [5.41, 5.74) is 0. The summed E-state index contributed by atoms with van der Waals surface area (Å²) in [6.45, 7) is 10.4. The van der Waals surface area contributed by atoms with Crippen molar-refractivity contribution in [1.82, 2.24) is 5.32 Å². The fourth-order valence-corrected chi connectivity index (χ4v) is 3.41. The van der Waals surface area contributed by atoms with E-state index in [1.807, 2.05) is 0 Å². The minimum absolute atomic E-state index is 0.0280. The Bertz CT molecular complexity index is 452. The highest BCUT2D eigenvalue weighted by Crippen LogP contribution is 2.28. The molecule has 5 atom stereocenters. The van der Waals surface area contributed by atoms with E-state index >= 15 is 0 Å². The summed E-state index contributed by atoms with van der Waals surface area (Å²) >= 11 is 0. The van der Waals surface area contributed by atoms with Gasteiger partial charge in [0, 0.05) is 33.4 Å². The Morgan fingerprint density at radius 2 is 1.45 bits per heavy atom. The van der Waals surface area contributed by atoms with Crippen LogP contribution in [0.15, 0.2) is 0 Å². The molecule has 0 radical (unpaired) electrons. The van der Waals surface area contributed by atoms with E-state index in [2.05, 4.69) is 26.1 Å². The predicted molar refractivity (Wildman–Crippen MR) is 119 cm³/mol. The number of amides is 1. The molecule has 1 fully saturated rings. The predicted octanol–water partition coefficient (Wildman–Crippen LogP) is 2.80. The van der Waals surface area contributed by atoms with Crippen molar-refractivity contribution in [2.24, 2.45) is 0 Å². The van der Waals surface area contributed by atoms with Crippen molar-refractivity contribution in [2.75, 3.05) is 39.6 Å². The molecule has 0 saturated carbocycles. The Kier molecular flexibility index (Phi) is 16.2. The highest BCUT2D eigenvalue weighted by atomic mass is 16.7. The van der Waals surface area contributed by atoms with Crippen LogP contribution in [0, 0.1) is 0 Å². The lowest BCUT2D eigenvalue weighted by Crippen LogP contribution is -2.66. The molecule has 0 aromatic heterocycles. The molecule has 0 aromatic carbocycles. The molecule has 0 spiro atoms.